The smallest absolute Gasteiger partial charge is 0.129 e. The monoisotopic (exact) mass is 217 g/mol. The molecule has 0 N–H and O–H groups in total. The van der Waals surface area contributed by atoms with E-state index in [-0.39, 0.29) is 0 Å². The summed E-state index contributed by atoms with van der Waals surface area (Å²) in [6.45, 7) is 1.85. The van der Waals surface area contributed by atoms with Gasteiger partial charge < -0.3 is 0 Å². The summed E-state index contributed by atoms with van der Waals surface area (Å²) in [7, 11) is -1.89. The Morgan fingerprint density at radius 3 is 2.46 bits per heavy atom. The third-order valence-electron chi connectivity index (χ3n) is 1.87. The fraction of sp³-hybridized carbons (Fsp3) is 0.333. The van der Waals surface area contributed by atoms with E-state index < -0.39 is 9.52 Å². The molecule has 0 aliphatic heterocycles. The van der Waals surface area contributed by atoms with E-state index in [0.29, 0.717) is 5.15 Å². The summed E-state index contributed by atoms with van der Waals surface area (Å²) in [6.07, 6.45) is 5.08. The molecule has 0 saturated heterocycles. The van der Waals surface area contributed by atoms with Crippen LogP contribution in [0.15, 0.2) is 18.3 Å². The van der Waals surface area contributed by atoms with Gasteiger partial charge in [-0.1, -0.05) is 11.6 Å². The Bertz CT molecular complexity index is 408. The molecule has 13 heavy (non-hydrogen) atoms. The molecule has 0 aliphatic rings. The molecule has 0 saturated carbocycles. The minimum absolute atomic E-state index is 0.454. The average molecular weight is 218 g/mol. The first-order chi connectivity index (χ1) is 5.91. The molecule has 72 valence electrons. The van der Waals surface area contributed by atoms with Crippen LogP contribution < -0.4 is 0 Å². The number of halogens is 1. The fourth-order valence-corrected chi connectivity index (χ4v) is 1.67. The Kier molecular flexibility index (Phi) is 2.98. The van der Waals surface area contributed by atoms with Gasteiger partial charge in [0.25, 0.3) is 0 Å². The van der Waals surface area contributed by atoms with Gasteiger partial charge in [-0.15, -0.1) is 0 Å². The highest BCUT2D eigenvalue weighted by Crippen LogP contribution is 2.07. The molecule has 0 unspecified atom stereocenters. The summed E-state index contributed by atoms with van der Waals surface area (Å²) in [5, 5.41) is 0.454. The van der Waals surface area contributed by atoms with E-state index in [1.165, 1.54) is 0 Å². The second kappa shape index (κ2) is 3.68. The Morgan fingerprint density at radius 1 is 1.46 bits per heavy atom. The van der Waals surface area contributed by atoms with Crippen molar-refractivity contribution in [2.45, 2.75) is 6.92 Å². The third-order valence-corrected chi connectivity index (χ3v) is 3.81. The largest absolute Gasteiger partial charge is 0.268 e. The lowest BCUT2D eigenvalue weighted by molar-refractivity contribution is 0.688. The number of aromatic nitrogens is 1. The molecule has 0 amide bonds. The van der Waals surface area contributed by atoms with Crippen LogP contribution in [0.25, 0.3) is 0 Å². The maximum absolute atomic E-state index is 11.7. The highest BCUT2D eigenvalue weighted by Gasteiger charge is 2.02. The van der Waals surface area contributed by atoms with E-state index in [1.54, 1.807) is 24.8 Å². The van der Waals surface area contributed by atoms with Gasteiger partial charge in [-0.3, -0.25) is 4.21 Å². The van der Waals surface area contributed by atoms with Crippen molar-refractivity contribution in [2.75, 3.05) is 12.5 Å². The molecule has 0 aliphatic carbocycles. The van der Waals surface area contributed by atoms with Crippen molar-refractivity contribution in [3.8, 4) is 0 Å². The molecule has 2 nitrogen and oxygen atoms in total. The highest BCUT2D eigenvalue weighted by molar-refractivity contribution is 8.01. The Labute approximate surface area is 84.0 Å². The second-order valence-electron chi connectivity index (χ2n) is 3.16. The lowest BCUT2D eigenvalue weighted by Crippen LogP contribution is -2.09. The quantitative estimate of drug-likeness (QED) is 0.408. The lowest BCUT2D eigenvalue weighted by Gasteiger charge is -2.04. The van der Waals surface area contributed by atoms with Crippen LogP contribution in [-0.2, 0) is 9.52 Å². The van der Waals surface area contributed by atoms with E-state index in [1.807, 2.05) is 13.0 Å². The summed E-state index contributed by atoms with van der Waals surface area (Å²) in [4.78, 5) is 4.79. The summed E-state index contributed by atoms with van der Waals surface area (Å²) in [5.74, 6) is 0. The van der Waals surface area contributed by atoms with Gasteiger partial charge in [0, 0.05) is 29.1 Å². The van der Waals surface area contributed by atoms with Crippen molar-refractivity contribution >= 4 is 26.0 Å². The zero-order valence-electron chi connectivity index (χ0n) is 7.87. The van der Waals surface area contributed by atoms with Crippen molar-refractivity contribution in [2.24, 2.45) is 0 Å². The van der Waals surface area contributed by atoms with Gasteiger partial charge in [0.1, 0.15) is 5.15 Å². The van der Waals surface area contributed by atoms with E-state index in [4.69, 9.17) is 11.6 Å². The molecule has 0 bridgehead atoms. The van der Waals surface area contributed by atoms with Crippen LogP contribution in [0.3, 0.4) is 0 Å². The number of pyridine rings is 1. The zero-order valence-corrected chi connectivity index (χ0v) is 9.45. The maximum Gasteiger partial charge on any atom is 0.129 e. The minimum atomic E-state index is -1.89. The fourth-order valence-electron chi connectivity index (χ4n) is 0.868. The third kappa shape index (κ3) is 2.71. The molecule has 1 aromatic rings. The van der Waals surface area contributed by atoms with Crippen LogP contribution in [0.5, 0.6) is 0 Å². The van der Waals surface area contributed by atoms with Crippen molar-refractivity contribution < 1.29 is 4.21 Å². The first kappa shape index (κ1) is 10.5. The topological polar surface area (TPSA) is 30.0 Å². The molecule has 0 aromatic carbocycles. The molecule has 1 aromatic heterocycles. The number of nitrogens with zero attached hydrogens (tertiary/aromatic N) is 1. The minimum Gasteiger partial charge on any atom is -0.268 e. The van der Waals surface area contributed by atoms with Crippen molar-refractivity contribution in [3.63, 3.8) is 0 Å². The number of hydrogen-bond donors (Lipinski definition) is 0. The van der Waals surface area contributed by atoms with Crippen LogP contribution in [0.4, 0.5) is 0 Å². The maximum atomic E-state index is 11.7. The summed E-state index contributed by atoms with van der Waals surface area (Å²) >= 11 is 5.64. The van der Waals surface area contributed by atoms with E-state index in [9.17, 15) is 4.21 Å². The molecule has 1 heterocycles. The SMILES string of the molecule is CC(c1ccc(Cl)nc1)=S(C)(C)=O. The van der Waals surface area contributed by atoms with Gasteiger partial charge in [0.2, 0.25) is 0 Å². The van der Waals surface area contributed by atoms with Crippen LogP contribution in [0.2, 0.25) is 5.15 Å². The van der Waals surface area contributed by atoms with Gasteiger partial charge in [0.05, 0.1) is 0 Å². The Hall–Kier alpha value is -0.540. The molecule has 4 heteroatoms. The number of hydrogen-bond acceptors (Lipinski definition) is 2. The van der Waals surface area contributed by atoms with E-state index in [2.05, 4.69) is 4.98 Å². The van der Waals surface area contributed by atoms with Gasteiger partial charge in [-0.05, 0) is 28.6 Å². The molecule has 0 radical (unpaired) electrons. The van der Waals surface area contributed by atoms with Crippen molar-refractivity contribution in [3.05, 3.63) is 29.0 Å². The second-order valence-corrected chi connectivity index (χ2v) is 6.62. The van der Waals surface area contributed by atoms with Crippen LogP contribution >= 0.6 is 11.6 Å². The van der Waals surface area contributed by atoms with Crippen LogP contribution in [-0.4, -0.2) is 26.6 Å². The molecular weight excluding hydrogens is 206 g/mol. The zero-order chi connectivity index (χ0) is 10.1. The van der Waals surface area contributed by atoms with Crippen LogP contribution in [0.1, 0.15) is 12.5 Å². The highest BCUT2D eigenvalue weighted by atomic mass is 35.5. The Balaban J connectivity index is 3.27. The summed E-state index contributed by atoms with van der Waals surface area (Å²) in [5.41, 5.74) is 0.888. The van der Waals surface area contributed by atoms with Gasteiger partial charge in [0.15, 0.2) is 0 Å². The molecule has 1 rings (SSSR count). The van der Waals surface area contributed by atoms with E-state index >= 15 is 0 Å². The Morgan fingerprint density at radius 2 is 2.08 bits per heavy atom. The molecule has 0 fully saturated rings. The normalized spacial score (nSPS) is 11.4. The summed E-state index contributed by atoms with van der Waals surface area (Å²) in [6, 6.07) is 3.53. The molecule has 0 atom stereocenters. The summed E-state index contributed by atoms with van der Waals surface area (Å²) < 4.78 is 11.7. The standard InChI is InChI=1S/C9H12ClNOS/c1-7(13(2,3)12)8-4-5-9(10)11-6-8/h4-6H,1-3H3. The van der Waals surface area contributed by atoms with Crippen molar-refractivity contribution in [1.29, 1.82) is 0 Å². The molecular formula is C9H12ClNOS. The predicted octanol–water partition coefficient (Wildman–Crippen LogP) is 1.82. The lowest BCUT2D eigenvalue weighted by atomic mass is 10.2. The first-order valence-electron chi connectivity index (χ1n) is 3.81. The van der Waals surface area contributed by atoms with Crippen LogP contribution in [0, 0.1) is 0 Å². The van der Waals surface area contributed by atoms with Crippen molar-refractivity contribution in [1.82, 2.24) is 4.98 Å². The van der Waals surface area contributed by atoms with Gasteiger partial charge in [-0.2, -0.15) is 0 Å². The number of rotatable bonds is 1. The van der Waals surface area contributed by atoms with E-state index in [0.717, 1.165) is 10.4 Å². The van der Waals surface area contributed by atoms with Gasteiger partial charge >= 0.3 is 0 Å². The average Bonchev–Trinajstić information content (AvgIpc) is 2.03. The predicted molar refractivity (Wildman–Crippen MR) is 59.0 cm³/mol. The molecule has 0 spiro atoms. The first-order valence-corrected chi connectivity index (χ1v) is 6.56. The van der Waals surface area contributed by atoms with Gasteiger partial charge in [-0.25, -0.2) is 4.98 Å².